The van der Waals surface area contributed by atoms with Gasteiger partial charge in [-0.1, -0.05) is 12.1 Å². The average Bonchev–Trinajstić information content (AvgIpc) is 2.28. The van der Waals surface area contributed by atoms with Gasteiger partial charge in [0.15, 0.2) is 0 Å². The zero-order chi connectivity index (χ0) is 10.3. The Kier molecular flexibility index (Phi) is 1.71. The quantitative estimate of drug-likeness (QED) is 0.705. The van der Waals surface area contributed by atoms with E-state index in [1.807, 2.05) is 12.3 Å². The summed E-state index contributed by atoms with van der Waals surface area (Å²) in [5.41, 5.74) is 9.64. The molecule has 0 amide bonds. The van der Waals surface area contributed by atoms with Crippen LogP contribution in [0, 0.1) is 0 Å². The van der Waals surface area contributed by atoms with Crippen molar-refractivity contribution in [3.63, 3.8) is 0 Å². The largest absolute Gasteiger partial charge is 0.397 e. The molecule has 3 nitrogen and oxygen atoms in total. The summed E-state index contributed by atoms with van der Waals surface area (Å²) >= 11 is 0. The van der Waals surface area contributed by atoms with Crippen LogP contribution in [-0.2, 0) is 6.42 Å². The Hall–Kier alpha value is -1.90. The van der Waals surface area contributed by atoms with Gasteiger partial charge < -0.3 is 5.73 Å². The molecule has 0 fully saturated rings. The van der Waals surface area contributed by atoms with E-state index in [0.29, 0.717) is 5.69 Å². The van der Waals surface area contributed by atoms with Crippen molar-refractivity contribution in [2.24, 2.45) is 4.99 Å². The topological polar surface area (TPSA) is 51.3 Å². The minimum Gasteiger partial charge on any atom is -0.397 e. The number of aromatic nitrogens is 1. The number of aliphatic imine (C=N–C) groups is 1. The fourth-order valence-electron chi connectivity index (χ4n) is 1.97. The van der Waals surface area contributed by atoms with Gasteiger partial charge >= 0.3 is 0 Å². The van der Waals surface area contributed by atoms with Crippen molar-refractivity contribution in [3.05, 3.63) is 30.0 Å². The van der Waals surface area contributed by atoms with Gasteiger partial charge in [0.1, 0.15) is 0 Å². The van der Waals surface area contributed by atoms with Crippen LogP contribution in [0.15, 0.2) is 29.4 Å². The molecule has 2 aromatic rings. The molecule has 74 valence electrons. The third-order valence-corrected chi connectivity index (χ3v) is 2.69. The van der Waals surface area contributed by atoms with Gasteiger partial charge in [-0.15, -0.1) is 0 Å². The molecule has 0 radical (unpaired) electrons. The standard InChI is InChI=1S/C12H11N3/c13-10-6-9-4-3-8-2-1-5-14-11(8)12(9)15-7-10/h3-7H,1-2,13H2. The normalized spacial score (nSPS) is 14.1. The van der Waals surface area contributed by atoms with Crippen molar-refractivity contribution in [2.75, 3.05) is 5.73 Å². The van der Waals surface area contributed by atoms with E-state index < -0.39 is 0 Å². The van der Waals surface area contributed by atoms with Gasteiger partial charge in [0.25, 0.3) is 0 Å². The Labute approximate surface area is 87.7 Å². The highest BCUT2D eigenvalue weighted by atomic mass is 14.8. The van der Waals surface area contributed by atoms with Gasteiger partial charge in [-0.05, 0) is 24.5 Å². The van der Waals surface area contributed by atoms with Crippen LogP contribution in [0.1, 0.15) is 12.0 Å². The van der Waals surface area contributed by atoms with E-state index in [2.05, 4.69) is 22.1 Å². The molecule has 3 heteroatoms. The predicted octanol–water partition coefficient (Wildman–Crippen LogP) is 2.47. The molecule has 3 rings (SSSR count). The SMILES string of the molecule is Nc1cnc2c3c(ccc2c1)CCC=N3. The zero-order valence-electron chi connectivity index (χ0n) is 8.27. The summed E-state index contributed by atoms with van der Waals surface area (Å²) in [5.74, 6) is 0. The summed E-state index contributed by atoms with van der Waals surface area (Å²) in [4.78, 5) is 8.78. The Morgan fingerprint density at radius 1 is 1.27 bits per heavy atom. The van der Waals surface area contributed by atoms with Crippen LogP contribution >= 0.6 is 0 Å². The Morgan fingerprint density at radius 3 is 3.13 bits per heavy atom. The highest BCUT2D eigenvalue weighted by Gasteiger charge is 2.10. The van der Waals surface area contributed by atoms with Gasteiger partial charge in [-0.25, -0.2) is 0 Å². The number of nitrogens with two attached hydrogens (primary N) is 1. The molecule has 1 aliphatic heterocycles. The number of nitrogen functional groups attached to an aromatic ring is 1. The second-order valence-electron chi connectivity index (χ2n) is 3.76. The van der Waals surface area contributed by atoms with Crippen LogP contribution in [0.3, 0.4) is 0 Å². The summed E-state index contributed by atoms with van der Waals surface area (Å²) in [7, 11) is 0. The van der Waals surface area contributed by atoms with E-state index in [1.165, 1.54) is 5.56 Å². The lowest BCUT2D eigenvalue weighted by Gasteiger charge is -2.11. The highest BCUT2D eigenvalue weighted by Crippen LogP contribution is 2.31. The minimum atomic E-state index is 0.697. The molecular weight excluding hydrogens is 186 g/mol. The summed E-state index contributed by atoms with van der Waals surface area (Å²) in [5, 5.41) is 1.06. The Bertz CT molecular complexity index is 558. The lowest BCUT2D eigenvalue weighted by Crippen LogP contribution is -1.96. The lowest BCUT2D eigenvalue weighted by atomic mass is 10.0. The molecule has 0 aliphatic carbocycles. The van der Waals surface area contributed by atoms with E-state index in [9.17, 15) is 0 Å². The number of hydrogen-bond acceptors (Lipinski definition) is 3. The second-order valence-corrected chi connectivity index (χ2v) is 3.76. The third kappa shape index (κ3) is 1.28. The molecule has 0 atom stereocenters. The summed E-state index contributed by atoms with van der Waals surface area (Å²) in [6, 6.07) is 6.13. The van der Waals surface area contributed by atoms with E-state index >= 15 is 0 Å². The zero-order valence-corrected chi connectivity index (χ0v) is 8.27. The first kappa shape index (κ1) is 8.41. The van der Waals surface area contributed by atoms with E-state index in [4.69, 9.17) is 5.73 Å². The molecule has 1 aliphatic rings. The summed E-state index contributed by atoms with van der Waals surface area (Å²) in [6.07, 6.45) is 5.72. The van der Waals surface area contributed by atoms with Crippen molar-refractivity contribution in [3.8, 4) is 0 Å². The van der Waals surface area contributed by atoms with Crippen molar-refractivity contribution in [1.82, 2.24) is 4.98 Å². The lowest BCUT2D eigenvalue weighted by molar-refractivity contribution is 1.03. The second kappa shape index (κ2) is 3.05. The predicted molar refractivity (Wildman–Crippen MR) is 62.6 cm³/mol. The molecular formula is C12H11N3. The van der Waals surface area contributed by atoms with Crippen LogP contribution in [0.25, 0.3) is 10.9 Å². The van der Waals surface area contributed by atoms with Gasteiger partial charge in [0.05, 0.1) is 23.1 Å². The van der Waals surface area contributed by atoms with Crippen LogP contribution in [-0.4, -0.2) is 11.2 Å². The van der Waals surface area contributed by atoms with Gasteiger partial charge in [0.2, 0.25) is 0 Å². The number of hydrogen-bond donors (Lipinski definition) is 1. The first-order valence-corrected chi connectivity index (χ1v) is 5.04. The number of fused-ring (bicyclic) bond motifs is 3. The number of pyridine rings is 1. The molecule has 2 N–H and O–H groups in total. The summed E-state index contributed by atoms with van der Waals surface area (Å²) in [6.45, 7) is 0. The molecule has 0 saturated heterocycles. The first-order valence-electron chi connectivity index (χ1n) is 5.04. The van der Waals surface area contributed by atoms with Crippen LogP contribution in [0.4, 0.5) is 11.4 Å². The fraction of sp³-hybridized carbons (Fsp3) is 0.167. The molecule has 0 bridgehead atoms. The highest BCUT2D eigenvalue weighted by molar-refractivity contribution is 5.94. The molecule has 0 spiro atoms. The molecule has 15 heavy (non-hydrogen) atoms. The Morgan fingerprint density at radius 2 is 2.20 bits per heavy atom. The molecule has 1 aromatic heterocycles. The number of aryl methyl sites for hydroxylation is 1. The molecule has 0 unspecified atom stereocenters. The smallest absolute Gasteiger partial charge is 0.0962 e. The van der Waals surface area contributed by atoms with Crippen molar-refractivity contribution in [1.29, 1.82) is 0 Å². The fourth-order valence-corrected chi connectivity index (χ4v) is 1.97. The van der Waals surface area contributed by atoms with Crippen molar-refractivity contribution >= 4 is 28.5 Å². The van der Waals surface area contributed by atoms with Gasteiger partial charge in [-0.2, -0.15) is 0 Å². The van der Waals surface area contributed by atoms with Crippen LogP contribution in [0.5, 0.6) is 0 Å². The first-order chi connectivity index (χ1) is 7.34. The Balaban J connectivity index is 2.38. The van der Waals surface area contributed by atoms with E-state index in [0.717, 1.165) is 29.4 Å². The van der Waals surface area contributed by atoms with Crippen LogP contribution < -0.4 is 5.73 Å². The summed E-state index contributed by atoms with van der Waals surface area (Å²) < 4.78 is 0. The van der Waals surface area contributed by atoms with Crippen molar-refractivity contribution < 1.29 is 0 Å². The molecule has 1 aromatic carbocycles. The number of nitrogens with zero attached hydrogens (tertiary/aromatic N) is 2. The maximum atomic E-state index is 5.70. The molecule has 2 heterocycles. The third-order valence-electron chi connectivity index (χ3n) is 2.69. The van der Waals surface area contributed by atoms with Crippen LogP contribution in [0.2, 0.25) is 0 Å². The maximum absolute atomic E-state index is 5.70. The average molecular weight is 197 g/mol. The maximum Gasteiger partial charge on any atom is 0.0962 e. The van der Waals surface area contributed by atoms with Gasteiger partial charge in [0, 0.05) is 11.6 Å². The monoisotopic (exact) mass is 197 g/mol. The molecule has 0 saturated carbocycles. The van der Waals surface area contributed by atoms with E-state index in [-0.39, 0.29) is 0 Å². The number of benzene rings is 1. The van der Waals surface area contributed by atoms with Crippen molar-refractivity contribution in [2.45, 2.75) is 12.8 Å². The number of anilines is 1. The minimum absolute atomic E-state index is 0.697. The van der Waals surface area contributed by atoms with Gasteiger partial charge in [-0.3, -0.25) is 9.98 Å². The number of rotatable bonds is 0. The van der Waals surface area contributed by atoms with E-state index in [1.54, 1.807) is 6.20 Å².